The van der Waals surface area contributed by atoms with Crippen LogP contribution < -0.4 is 10.6 Å². The fraction of sp³-hybridized carbons (Fsp3) is 0.500. The Morgan fingerprint density at radius 1 is 1.22 bits per heavy atom. The van der Waals surface area contributed by atoms with Crippen molar-refractivity contribution in [3.8, 4) is 0 Å². The smallest absolute Gasteiger partial charge is 0.108 e. The van der Waals surface area contributed by atoms with Gasteiger partial charge in [-0.1, -0.05) is 0 Å². The van der Waals surface area contributed by atoms with Crippen molar-refractivity contribution >= 4 is 16.7 Å². The summed E-state index contributed by atoms with van der Waals surface area (Å²) in [5.41, 5.74) is 9.04. The van der Waals surface area contributed by atoms with Gasteiger partial charge in [0.1, 0.15) is 5.82 Å². The predicted molar refractivity (Wildman–Crippen MR) is 74.9 cm³/mol. The molecule has 2 heterocycles. The van der Waals surface area contributed by atoms with Gasteiger partial charge in [-0.2, -0.15) is 0 Å². The Labute approximate surface area is 107 Å². The molecule has 0 saturated carbocycles. The zero-order valence-corrected chi connectivity index (χ0v) is 10.7. The van der Waals surface area contributed by atoms with Crippen LogP contribution in [0.3, 0.4) is 0 Å². The van der Waals surface area contributed by atoms with Gasteiger partial charge in [0.05, 0.1) is 11.0 Å². The van der Waals surface area contributed by atoms with Crippen LogP contribution in [0.4, 0.5) is 5.69 Å². The molecule has 0 unspecified atom stereocenters. The van der Waals surface area contributed by atoms with Crippen LogP contribution in [-0.4, -0.2) is 29.6 Å². The molecule has 1 aliphatic heterocycles. The molecule has 0 radical (unpaired) electrons. The van der Waals surface area contributed by atoms with Crippen LogP contribution in [0.1, 0.15) is 25.1 Å². The Hall–Kier alpha value is -1.55. The van der Waals surface area contributed by atoms with E-state index in [0.717, 1.165) is 23.3 Å². The fourth-order valence-corrected chi connectivity index (χ4v) is 2.65. The van der Waals surface area contributed by atoms with E-state index in [4.69, 9.17) is 5.73 Å². The number of rotatable bonds is 3. The number of anilines is 1. The number of piperidine rings is 1. The van der Waals surface area contributed by atoms with Crippen molar-refractivity contribution in [2.24, 2.45) is 5.73 Å². The second kappa shape index (κ2) is 4.98. The van der Waals surface area contributed by atoms with E-state index in [-0.39, 0.29) is 0 Å². The van der Waals surface area contributed by atoms with Gasteiger partial charge in [0.2, 0.25) is 0 Å². The van der Waals surface area contributed by atoms with Crippen molar-refractivity contribution in [2.45, 2.75) is 25.7 Å². The number of nitrogens with zero attached hydrogens (tertiary/aromatic N) is 2. The van der Waals surface area contributed by atoms with E-state index in [1.54, 1.807) is 0 Å². The van der Waals surface area contributed by atoms with Gasteiger partial charge in [0.25, 0.3) is 0 Å². The normalized spacial score (nSPS) is 16.4. The summed E-state index contributed by atoms with van der Waals surface area (Å²) >= 11 is 0. The first-order chi connectivity index (χ1) is 8.86. The van der Waals surface area contributed by atoms with Crippen molar-refractivity contribution < 1.29 is 0 Å². The van der Waals surface area contributed by atoms with Crippen LogP contribution in [0.15, 0.2) is 18.2 Å². The van der Waals surface area contributed by atoms with E-state index in [0.29, 0.717) is 6.54 Å². The van der Waals surface area contributed by atoms with Crippen LogP contribution in [0.2, 0.25) is 0 Å². The van der Waals surface area contributed by atoms with E-state index >= 15 is 0 Å². The molecule has 18 heavy (non-hydrogen) atoms. The number of nitrogens with two attached hydrogens (primary N) is 1. The average Bonchev–Trinajstić information content (AvgIpc) is 2.81. The second-order valence-corrected chi connectivity index (χ2v) is 4.97. The highest BCUT2D eigenvalue weighted by Crippen LogP contribution is 2.23. The minimum atomic E-state index is 0.638. The molecule has 0 spiro atoms. The monoisotopic (exact) mass is 244 g/mol. The van der Waals surface area contributed by atoms with Crippen LogP contribution in [0.5, 0.6) is 0 Å². The number of fused-ring (bicyclic) bond motifs is 1. The molecule has 3 rings (SSSR count). The third-order valence-electron chi connectivity index (χ3n) is 3.62. The Kier molecular flexibility index (Phi) is 3.19. The van der Waals surface area contributed by atoms with Crippen molar-refractivity contribution in [1.82, 2.24) is 9.97 Å². The van der Waals surface area contributed by atoms with Gasteiger partial charge >= 0.3 is 0 Å². The summed E-state index contributed by atoms with van der Waals surface area (Å²) in [5, 5.41) is 0. The highest BCUT2D eigenvalue weighted by Gasteiger charge is 2.12. The number of H-pyrrole nitrogens is 1. The molecule has 3 N–H and O–H groups in total. The number of hydrogen-bond donors (Lipinski definition) is 2. The van der Waals surface area contributed by atoms with Crippen LogP contribution >= 0.6 is 0 Å². The number of hydrogen-bond acceptors (Lipinski definition) is 3. The number of benzene rings is 1. The molecule has 4 heteroatoms. The molecular formula is C14H20N4. The van der Waals surface area contributed by atoms with Crippen molar-refractivity contribution in [1.29, 1.82) is 0 Å². The van der Waals surface area contributed by atoms with Gasteiger partial charge in [0, 0.05) is 25.2 Å². The SMILES string of the molecule is NCCc1nc2ccc(N3CCCCC3)cc2[nH]1. The highest BCUT2D eigenvalue weighted by atomic mass is 15.1. The Bertz CT molecular complexity index is 526. The summed E-state index contributed by atoms with van der Waals surface area (Å²) in [6.07, 6.45) is 4.79. The first-order valence-electron chi connectivity index (χ1n) is 6.80. The first-order valence-corrected chi connectivity index (χ1v) is 6.80. The fourth-order valence-electron chi connectivity index (χ4n) is 2.65. The standard InChI is InChI=1S/C14H20N4/c15-7-6-14-16-12-5-4-11(10-13(12)17-14)18-8-2-1-3-9-18/h4-5,10H,1-3,6-9,15H2,(H,16,17). The molecule has 0 amide bonds. The maximum Gasteiger partial charge on any atom is 0.108 e. The zero-order valence-electron chi connectivity index (χ0n) is 10.7. The van der Waals surface area contributed by atoms with Crippen molar-refractivity contribution in [3.05, 3.63) is 24.0 Å². The van der Waals surface area contributed by atoms with Crippen LogP contribution in [0, 0.1) is 0 Å². The molecule has 1 aliphatic rings. The number of aromatic nitrogens is 2. The molecule has 0 atom stereocenters. The second-order valence-electron chi connectivity index (χ2n) is 4.97. The molecule has 1 saturated heterocycles. The van der Waals surface area contributed by atoms with E-state index in [2.05, 4.69) is 33.1 Å². The summed E-state index contributed by atoms with van der Waals surface area (Å²) in [6, 6.07) is 6.50. The molecule has 2 aromatic rings. The summed E-state index contributed by atoms with van der Waals surface area (Å²) < 4.78 is 0. The maximum atomic E-state index is 5.56. The zero-order chi connectivity index (χ0) is 12.4. The minimum Gasteiger partial charge on any atom is -0.371 e. The van der Waals surface area contributed by atoms with Gasteiger partial charge in [0.15, 0.2) is 0 Å². The first kappa shape index (κ1) is 11.5. The third-order valence-corrected chi connectivity index (χ3v) is 3.62. The molecule has 1 aromatic heterocycles. The number of aromatic amines is 1. The molecule has 0 bridgehead atoms. The van der Waals surface area contributed by atoms with Gasteiger partial charge < -0.3 is 15.6 Å². The lowest BCUT2D eigenvalue weighted by Crippen LogP contribution is -2.29. The van der Waals surface area contributed by atoms with Crippen molar-refractivity contribution in [2.75, 3.05) is 24.5 Å². The summed E-state index contributed by atoms with van der Waals surface area (Å²) in [5.74, 6) is 0.989. The van der Waals surface area contributed by atoms with E-state index < -0.39 is 0 Å². The highest BCUT2D eigenvalue weighted by molar-refractivity contribution is 5.79. The Morgan fingerprint density at radius 2 is 2.06 bits per heavy atom. The molecular weight excluding hydrogens is 224 g/mol. The summed E-state index contributed by atoms with van der Waals surface area (Å²) in [6.45, 7) is 2.99. The van der Waals surface area contributed by atoms with Gasteiger partial charge in [-0.15, -0.1) is 0 Å². The van der Waals surface area contributed by atoms with Crippen molar-refractivity contribution in [3.63, 3.8) is 0 Å². The van der Waals surface area contributed by atoms with Gasteiger partial charge in [-0.05, 0) is 44.0 Å². The Balaban J connectivity index is 1.89. The summed E-state index contributed by atoms with van der Waals surface area (Å²) in [4.78, 5) is 10.4. The molecule has 1 aromatic carbocycles. The lowest BCUT2D eigenvalue weighted by atomic mass is 10.1. The molecule has 0 aliphatic carbocycles. The number of imidazole rings is 1. The topological polar surface area (TPSA) is 57.9 Å². The predicted octanol–water partition coefficient (Wildman–Crippen LogP) is 2.05. The molecule has 96 valence electrons. The van der Waals surface area contributed by atoms with Gasteiger partial charge in [-0.25, -0.2) is 4.98 Å². The lowest BCUT2D eigenvalue weighted by molar-refractivity contribution is 0.578. The largest absolute Gasteiger partial charge is 0.371 e. The Morgan fingerprint density at radius 3 is 2.83 bits per heavy atom. The van der Waals surface area contributed by atoms with E-state index in [9.17, 15) is 0 Å². The van der Waals surface area contributed by atoms with E-state index in [1.165, 1.54) is 38.0 Å². The maximum absolute atomic E-state index is 5.56. The lowest BCUT2D eigenvalue weighted by Gasteiger charge is -2.28. The quantitative estimate of drug-likeness (QED) is 0.869. The average molecular weight is 244 g/mol. The van der Waals surface area contributed by atoms with Crippen LogP contribution in [-0.2, 0) is 6.42 Å². The number of nitrogens with one attached hydrogen (secondary N) is 1. The molecule has 1 fully saturated rings. The third kappa shape index (κ3) is 2.20. The van der Waals surface area contributed by atoms with Gasteiger partial charge in [-0.3, -0.25) is 0 Å². The van der Waals surface area contributed by atoms with Crippen LogP contribution in [0.25, 0.3) is 11.0 Å². The minimum absolute atomic E-state index is 0.638. The van der Waals surface area contributed by atoms with E-state index in [1.807, 2.05) is 0 Å². The molecule has 4 nitrogen and oxygen atoms in total. The summed E-state index contributed by atoms with van der Waals surface area (Å²) in [7, 11) is 0.